The second-order valence-electron chi connectivity index (χ2n) is 5.67. The maximum Gasteiger partial charge on any atom is 0.222 e. The lowest BCUT2D eigenvalue weighted by Gasteiger charge is -2.14. The molecule has 3 rings (SSSR count). The van der Waals surface area contributed by atoms with Crippen molar-refractivity contribution in [3.05, 3.63) is 42.2 Å². The molecule has 0 aliphatic rings. The van der Waals surface area contributed by atoms with Crippen molar-refractivity contribution in [1.82, 2.24) is 30.1 Å². The van der Waals surface area contributed by atoms with E-state index in [0.29, 0.717) is 19.5 Å². The van der Waals surface area contributed by atoms with Crippen molar-refractivity contribution in [3.8, 4) is 0 Å². The van der Waals surface area contributed by atoms with Crippen LogP contribution in [0.25, 0.3) is 11.0 Å². The molecule has 1 amide bonds. The minimum atomic E-state index is -0.0219. The van der Waals surface area contributed by atoms with Crippen LogP contribution >= 0.6 is 0 Å². The number of benzene rings is 1. The van der Waals surface area contributed by atoms with Crippen LogP contribution in [0.15, 0.2) is 36.5 Å². The molecule has 0 saturated heterocycles. The van der Waals surface area contributed by atoms with E-state index >= 15 is 0 Å². The Morgan fingerprint density at radius 2 is 2.09 bits per heavy atom. The Morgan fingerprint density at radius 1 is 1.26 bits per heavy atom. The molecule has 1 atom stereocenters. The van der Waals surface area contributed by atoms with Crippen molar-refractivity contribution in [3.63, 3.8) is 0 Å². The van der Waals surface area contributed by atoms with Gasteiger partial charge in [0.2, 0.25) is 5.91 Å². The molecule has 0 unspecified atom stereocenters. The molecule has 1 N–H and O–H groups in total. The van der Waals surface area contributed by atoms with E-state index in [1.807, 2.05) is 53.5 Å². The van der Waals surface area contributed by atoms with Crippen LogP contribution < -0.4 is 5.32 Å². The number of amides is 1. The highest BCUT2D eigenvalue weighted by molar-refractivity contribution is 5.76. The molecule has 7 nitrogen and oxygen atoms in total. The van der Waals surface area contributed by atoms with Gasteiger partial charge in [-0.3, -0.25) is 9.48 Å². The lowest BCUT2D eigenvalue weighted by molar-refractivity contribution is -0.122. The van der Waals surface area contributed by atoms with Gasteiger partial charge in [0.25, 0.3) is 0 Å². The lowest BCUT2D eigenvalue weighted by atomic mass is 10.3. The summed E-state index contributed by atoms with van der Waals surface area (Å²) in [4.78, 5) is 12.1. The molecule has 0 saturated carbocycles. The van der Waals surface area contributed by atoms with Gasteiger partial charge in [-0.25, -0.2) is 4.68 Å². The average Bonchev–Trinajstić information content (AvgIpc) is 3.12. The van der Waals surface area contributed by atoms with Gasteiger partial charge >= 0.3 is 0 Å². The normalized spacial score (nSPS) is 12.4. The summed E-state index contributed by atoms with van der Waals surface area (Å²) in [5.74, 6) is 0.0109. The van der Waals surface area contributed by atoms with Gasteiger partial charge in [0.1, 0.15) is 5.52 Å². The van der Waals surface area contributed by atoms with Crippen LogP contribution in [0.2, 0.25) is 0 Å². The second-order valence-corrected chi connectivity index (χ2v) is 5.67. The monoisotopic (exact) mass is 312 g/mol. The Bertz CT molecular complexity index is 806. The molecular weight excluding hydrogens is 292 g/mol. The summed E-state index contributed by atoms with van der Waals surface area (Å²) in [6.07, 6.45) is 2.15. The second kappa shape index (κ2) is 6.60. The first-order valence-electron chi connectivity index (χ1n) is 7.69. The number of hydrogen-bond donors (Lipinski definition) is 1. The minimum Gasteiger partial charge on any atom is -0.352 e. The zero-order chi connectivity index (χ0) is 16.2. The minimum absolute atomic E-state index is 0.0109. The number of para-hydroxylation sites is 1. The molecule has 7 heteroatoms. The van der Waals surface area contributed by atoms with E-state index in [1.54, 1.807) is 6.20 Å². The first kappa shape index (κ1) is 15.2. The van der Waals surface area contributed by atoms with Crippen molar-refractivity contribution in [2.45, 2.75) is 39.4 Å². The summed E-state index contributed by atoms with van der Waals surface area (Å²) in [6, 6.07) is 9.70. The standard InChI is InChI=1S/C16H20N6O/c1-12(11-22-15-6-4-3-5-14(15)19-20-22)18-16(23)8-10-21-13(2)7-9-17-21/h3-7,9,12H,8,10-11H2,1-2H3,(H,18,23)/t12-/m0/s1. The maximum atomic E-state index is 12.1. The van der Waals surface area contributed by atoms with E-state index in [9.17, 15) is 4.79 Å². The highest BCUT2D eigenvalue weighted by atomic mass is 16.1. The van der Waals surface area contributed by atoms with Crippen molar-refractivity contribution in [2.75, 3.05) is 0 Å². The topological polar surface area (TPSA) is 77.6 Å². The van der Waals surface area contributed by atoms with Crippen LogP contribution in [0.3, 0.4) is 0 Å². The molecular formula is C16H20N6O. The quantitative estimate of drug-likeness (QED) is 0.749. The number of aromatic nitrogens is 5. The predicted molar refractivity (Wildman–Crippen MR) is 86.7 cm³/mol. The van der Waals surface area contributed by atoms with E-state index in [1.165, 1.54) is 0 Å². The van der Waals surface area contributed by atoms with E-state index in [-0.39, 0.29) is 11.9 Å². The largest absolute Gasteiger partial charge is 0.352 e. The third kappa shape index (κ3) is 3.56. The zero-order valence-corrected chi connectivity index (χ0v) is 13.3. The third-order valence-electron chi connectivity index (χ3n) is 3.75. The van der Waals surface area contributed by atoms with Crippen LogP contribution in [-0.4, -0.2) is 36.7 Å². The zero-order valence-electron chi connectivity index (χ0n) is 13.3. The Morgan fingerprint density at radius 3 is 2.87 bits per heavy atom. The first-order chi connectivity index (χ1) is 11.1. The molecule has 2 aromatic heterocycles. The van der Waals surface area contributed by atoms with E-state index in [4.69, 9.17) is 0 Å². The number of carbonyl (C=O) groups is 1. The van der Waals surface area contributed by atoms with Crippen LogP contribution in [0.5, 0.6) is 0 Å². The highest BCUT2D eigenvalue weighted by Crippen LogP contribution is 2.10. The number of carbonyl (C=O) groups excluding carboxylic acids is 1. The van der Waals surface area contributed by atoms with Crippen LogP contribution in [0, 0.1) is 6.92 Å². The lowest BCUT2D eigenvalue weighted by Crippen LogP contribution is -2.36. The molecule has 0 aliphatic carbocycles. The molecule has 0 bridgehead atoms. The summed E-state index contributed by atoms with van der Waals surface area (Å²) in [5, 5.41) is 15.4. The van der Waals surface area contributed by atoms with Gasteiger partial charge in [0.05, 0.1) is 12.1 Å². The molecule has 120 valence electrons. The molecule has 1 aromatic carbocycles. The van der Waals surface area contributed by atoms with Gasteiger partial charge in [0, 0.05) is 30.9 Å². The summed E-state index contributed by atoms with van der Waals surface area (Å²) in [7, 11) is 0. The molecule has 0 spiro atoms. The average molecular weight is 312 g/mol. The van der Waals surface area contributed by atoms with E-state index in [2.05, 4.69) is 20.7 Å². The third-order valence-corrected chi connectivity index (χ3v) is 3.75. The maximum absolute atomic E-state index is 12.1. The fourth-order valence-electron chi connectivity index (χ4n) is 2.54. The molecule has 0 aliphatic heterocycles. The Balaban J connectivity index is 1.53. The van der Waals surface area contributed by atoms with Gasteiger partial charge in [-0.15, -0.1) is 5.10 Å². The number of nitrogens with one attached hydrogen (secondary N) is 1. The molecule has 0 fully saturated rings. The molecule has 23 heavy (non-hydrogen) atoms. The van der Waals surface area contributed by atoms with Crippen molar-refractivity contribution in [1.29, 1.82) is 0 Å². The predicted octanol–water partition coefficient (Wildman–Crippen LogP) is 1.53. The summed E-state index contributed by atoms with van der Waals surface area (Å²) in [5.41, 5.74) is 2.89. The number of aryl methyl sites for hydroxylation is 2. The number of rotatable bonds is 6. The van der Waals surface area contributed by atoms with E-state index < -0.39 is 0 Å². The van der Waals surface area contributed by atoms with Gasteiger partial charge < -0.3 is 5.32 Å². The van der Waals surface area contributed by atoms with Crippen molar-refractivity contribution >= 4 is 16.9 Å². The Kier molecular flexibility index (Phi) is 4.36. The van der Waals surface area contributed by atoms with Crippen molar-refractivity contribution in [2.24, 2.45) is 0 Å². The number of hydrogen-bond acceptors (Lipinski definition) is 4. The SMILES string of the molecule is Cc1ccnn1CCC(=O)N[C@@H](C)Cn1nnc2ccccc21. The number of nitrogens with zero attached hydrogens (tertiary/aromatic N) is 5. The van der Waals surface area contributed by atoms with Gasteiger partial charge in [-0.1, -0.05) is 17.3 Å². The first-order valence-corrected chi connectivity index (χ1v) is 7.69. The van der Waals surface area contributed by atoms with Crippen molar-refractivity contribution < 1.29 is 4.79 Å². The number of fused-ring (bicyclic) bond motifs is 1. The Labute approximate surface area is 134 Å². The fraction of sp³-hybridized carbons (Fsp3) is 0.375. The van der Waals surface area contributed by atoms with Gasteiger partial charge in [0.15, 0.2) is 0 Å². The highest BCUT2D eigenvalue weighted by Gasteiger charge is 2.11. The van der Waals surface area contributed by atoms with Gasteiger partial charge in [-0.2, -0.15) is 5.10 Å². The molecule has 3 aromatic rings. The van der Waals surface area contributed by atoms with Crippen LogP contribution in [-0.2, 0) is 17.9 Å². The van der Waals surface area contributed by atoms with Crippen LogP contribution in [0.1, 0.15) is 19.0 Å². The fourth-order valence-corrected chi connectivity index (χ4v) is 2.54. The smallest absolute Gasteiger partial charge is 0.222 e. The van der Waals surface area contributed by atoms with Crippen LogP contribution in [0.4, 0.5) is 0 Å². The Hall–Kier alpha value is -2.70. The molecule has 2 heterocycles. The summed E-state index contributed by atoms with van der Waals surface area (Å²) in [6.45, 7) is 5.12. The van der Waals surface area contributed by atoms with Gasteiger partial charge in [-0.05, 0) is 32.0 Å². The summed E-state index contributed by atoms with van der Waals surface area (Å²) >= 11 is 0. The van der Waals surface area contributed by atoms with E-state index in [0.717, 1.165) is 16.7 Å². The summed E-state index contributed by atoms with van der Waals surface area (Å²) < 4.78 is 3.65. The molecule has 0 radical (unpaired) electrons.